The summed E-state index contributed by atoms with van der Waals surface area (Å²) in [5.41, 5.74) is 0.573. The van der Waals surface area contributed by atoms with E-state index in [0.717, 1.165) is 10.1 Å². The largest absolute Gasteiger partial charge is 0.464 e. The monoisotopic (exact) mass is 236 g/mol. The van der Waals surface area contributed by atoms with Crippen molar-refractivity contribution in [3.05, 3.63) is 35.2 Å². The second-order valence-electron chi connectivity index (χ2n) is 3.37. The molecular formula is C12H12O3S. The smallest absolute Gasteiger partial charge is 0.339 e. The van der Waals surface area contributed by atoms with Crippen molar-refractivity contribution >= 4 is 27.4 Å². The fourth-order valence-electron chi connectivity index (χ4n) is 1.51. The zero-order valence-electron chi connectivity index (χ0n) is 8.84. The first-order valence-electron chi connectivity index (χ1n) is 5.04. The standard InChI is InChI=1S/C12H12O3S/c1-2-15-12(14)11(13)9-3-4-10-8(7-9)5-6-16-10/h3-7,11,13H,2H2,1H3/t11-/m1/s1. The Morgan fingerprint density at radius 3 is 3.06 bits per heavy atom. The summed E-state index contributed by atoms with van der Waals surface area (Å²) in [5, 5.41) is 12.8. The van der Waals surface area contributed by atoms with Crippen LogP contribution in [0.4, 0.5) is 0 Å². The zero-order valence-corrected chi connectivity index (χ0v) is 9.66. The normalized spacial score (nSPS) is 12.6. The number of carbonyl (C=O) groups is 1. The Hall–Kier alpha value is -1.39. The highest BCUT2D eigenvalue weighted by Gasteiger charge is 2.18. The number of esters is 1. The number of fused-ring (bicyclic) bond motifs is 1. The average molecular weight is 236 g/mol. The van der Waals surface area contributed by atoms with Crippen LogP contribution in [0.25, 0.3) is 10.1 Å². The number of rotatable bonds is 3. The minimum Gasteiger partial charge on any atom is -0.464 e. The van der Waals surface area contributed by atoms with E-state index in [0.29, 0.717) is 5.56 Å². The van der Waals surface area contributed by atoms with E-state index in [9.17, 15) is 9.90 Å². The molecule has 0 radical (unpaired) electrons. The summed E-state index contributed by atoms with van der Waals surface area (Å²) < 4.78 is 5.90. The molecular weight excluding hydrogens is 224 g/mol. The van der Waals surface area contributed by atoms with Crippen LogP contribution in [-0.2, 0) is 9.53 Å². The minimum absolute atomic E-state index is 0.274. The number of aliphatic hydroxyl groups excluding tert-OH is 1. The Bertz CT molecular complexity index is 504. The first kappa shape index (κ1) is 11.1. The van der Waals surface area contributed by atoms with Crippen molar-refractivity contribution in [3.8, 4) is 0 Å². The summed E-state index contributed by atoms with van der Waals surface area (Å²) >= 11 is 1.63. The molecule has 0 fully saturated rings. The quantitative estimate of drug-likeness (QED) is 0.833. The van der Waals surface area contributed by atoms with Crippen molar-refractivity contribution in [3.63, 3.8) is 0 Å². The molecule has 1 aromatic heterocycles. The van der Waals surface area contributed by atoms with Gasteiger partial charge in [0.25, 0.3) is 0 Å². The number of carbonyl (C=O) groups excluding carboxylic acids is 1. The van der Waals surface area contributed by atoms with Gasteiger partial charge in [-0.15, -0.1) is 11.3 Å². The molecule has 1 N–H and O–H groups in total. The van der Waals surface area contributed by atoms with Crippen molar-refractivity contribution in [2.24, 2.45) is 0 Å². The highest BCUT2D eigenvalue weighted by atomic mass is 32.1. The van der Waals surface area contributed by atoms with E-state index in [2.05, 4.69) is 0 Å². The second-order valence-corrected chi connectivity index (χ2v) is 4.32. The van der Waals surface area contributed by atoms with Crippen LogP contribution in [0.2, 0.25) is 0 Å². The molecule has 84 valence electrons. The molecule has 0 amide bonds. The fourth-order valence-corrected chi connectivity index (χ4v) is 2.28. The van der Waals surface area contributed by atoms with Gasteiger partial charge >= 0.3 is 5.97 Å². The van der Waals surface area contributed by atoms with Crippen LogP contribution >= 0.6 is 11.3 Å². The van der Waals surface area contributed by atoms with E-state index in [-0.39, 0.29) is 6.61 Å². The summed E-state index contributed by atoms with van der Waals surface area (Å²) in [6.07, 6.45) is -1.19. The highest BCUT2D eigenvalue weighted by Crippen LogP contribution is 2.25. The van der Waals surface area contributed by atoms with E-state index in [1.165, 1.54) is 0 Å². The Morgan fingerprint density at radius 1 is 1.50 bits per heavy atom. The molecule has 0 aliphatic carbocycles. The van der Waals surface area contributed by atoms with Crippen molar-refractivity contribution in [2.75, 3.05) is 6.61 Å². The predicted octanol–water partition coefficient (Wildman–Crippen LogP) is 2.50. The van der Waals surface area contributed by atoms with Crippen LogP contribution in [0.5, 0.6) is 0 Å². The number of benzene rings is 1. The van der Waals surface area contributed by atoms with Crippen LogP contribution in [0.1, 0.15) is 18.6 Å². The molecule has 0 aliphatic heterocycles. The third-order valence-electron chi connectivity index (χ3n) is 2.30. The number of ether oxygens (including phenoxy) is 1. The molecule has 0 saturated heterocycles. The fraction of sp³-hybridized carbons (Fsp3) is 0.250. The van der Waals surface area contributed by atoms with Gasteiger partial charge in [-0.2, -0.15) is 0 Å². The van der Waals surface area contributed by atoms with Gasteiger partial charge in [0.05, 0.1) is 6.61 Å². The van der Waals surface area contributed by atoms with Gasteiger partial charge in [0, 0.05) is 4.70 Å². The van der Waals surface area contributed by atoms with Gasteiger partial charge in [-0.3, -0.25) is 0 Å². The topological polar surface area (TPSA) is 46.5 Å². The van der Waals surface area contributed by atoms with Gasteiger partial charge in [-0.05, 0) is 41.5 Å². The molecule has 3 nitrogen and oxygen atoms in total. The van der Waals surface area contributed by atoms with Gasteiger partial charge in [0.1, 0.15) is 0 Å². The Balaban J connectivity index is 2.28. The van der Waals surface area contributed by atoms with Crippen LogP contribution in [0.3, 0.4) is 0 Å². The summed E-state index contributed by atoms with van der Waals surface area (Å²) in [6, 6.07) is 7.42. The van der Waals surface area contributed by atoms with Gasteiger partial charge in [-0.1, -0.05) is 6.07 Å². The summed E-state index contributed by atoms with van der Waals surface area (Å²) in [7, 11) is 0. The molecule has 1 aromatic carbocycles. The molecule has 0 bridgehead atoms. The van der Waals surface area contributed by atoms with E-state index in [1.807, 2.05) is 23.6 Å². The number of hydrogen-bond acceptors (Lipinski definition) is 4. The Labute approximate surface area is 97.3 Å². The molecule has 0 saturated carbocycles. The van der Waals surface area contributed by atoms with E-state index in [1.54, 1.807) is 24.3 Å². The minimum atomic E-state index is -1.19. The van der Waals surface area contributed by atoms with Gasteiger partial charge in [-0.25, -0.2) is 4.79 Å². The number of thiophene rings is 1. The molecule has 1 atom stereocenters. The van der Waals surface area contributed by atoms with Gasteiger partial charge < -0.3 is 9.84 Å². The summed E-state index contributed by atoms with van der Waals surface area (Å²) in [6.45, 7) is 1.99. The zero-order chi connectivity index (χ0) is 11.5. The summed E-state index contributed by atoms with van der Waals surface area (Å²) in [4.78, 5) is 11.3. The third kappa shape index (κ3) is 2.08. The van der Waals surface area contributed by atoms with E-state index >= 15 is 0 Å². The number of hydrogen-bond donors (Lipinski definition) is 1. The first-order chi connectivity index (χ1) is 7.72. The molecule has 4 heteroatoms. The van der Waals surface area contributed by atoms with Crippen molar-refractivity contribution in [2.45, 2.75) is 13.0 Å². The molecule has 1 heterocycles. The predicted molar refractivity (Wildman–Crippen MR) is 63.4 cm³/mol. The lowest BCUT2D eigenvalue weighted by Crippen LogP contribution is -2.15. The molecule has 2 rings (SSSR count). The first-order valence-corrected chi connectivity index (χ1v) is 5.92. The molecule has 0 spiro atoms. The molecule has 2 aromatic rings. The van der Waals surface area contributed by atoms with Gasteiger partial charge in [0.15, 0.2) is 6.10 Å². The third-order valence-corrected chi connectivity index (χ3v) is 3.20. The van der Waals surface area contributed by atoms with Crippen LogP contribution in [0.15, 0.2) is 29.6 Å². The van der Waals surface area contributed by atoms with E-state index in [4.69, 9.17) is 4.74 Å². The Morgan fingerprint density at radius 2 is 2.31 bits per heavy atom. The van der Waals surface area contributed by atoms with Crippen molar-refractivity contribution < 1.29 is 14.6 Å². The average Bonchev–Trinajstić information content (AvgIpc) is 2.75. The van der Waals surface area contributed by atoms with Crippen molar-refractivity contribution in [1.29, 1.82) is 0 Å². The molecule has 0 unspecified atom stereocenters. The SMILES string of the molecule is CCOC(=O)[C@H](O)c1ccc2sccc2c1. The van der Waals surface area contributed by atoms with Crippen molar-refractivity contribution in [1.82, 2.24) is 0 Å². The molecule has 16 heavy (non-hydrogen) atoms. The summed E-state index contributed by atoms with van der Waals surface area (Å²) in [5.74, 6) is -0.600. The van der Waals surface area contributed by atoms with Crippen LogP contribution in [-0.4, -0.2) is 17.7 Å². The second kappa shape index (κ2) is 4.63. The maximum atomic E-state index is 11.3. The molecule has 0 aliphatic rings. The van der Waals surface area contributed by atoms with Gasteiger partial charge in [0.2, 0.25) is 0 Å². The Kier molecular flexibility index (Phi) is 3.22. The lowest BCUT2D eigenvalue weighted by atomic mass is 10.1. The maximum Gasteiger partial charge on any atom is 0.339 e. The maximum absolute atomic E-state index is 11.3. The highest BCUT2D eigenvalue weighted by molar-refractivity contribution is 7.17. The van der Waals surface area contributed by atoms with E-state index < -0.39 is 12.1 Å². The van der Waals surface area contributed by atoms with Crippen LogP contribution < -0.4 is 0 Å². The lowest BCUT2D eigenvalue weighted by Gasteiger charge is -2.09. The lowest BCUT2D eigenvalue weighted by molar-refractivity contribution is -0.153. The van der Waals surface area contributed by atoms with Crippen LogP contribution in [0, 0.1) is 0 Å². The number of aliphatic hydroxyl groups is 1.